The largest absolute Gasteiger partial charge is 0.363 e. The van der Waals surface area contributed by atoms with Gasteiger partial charge in [-0.05, 0) is 22.0 Å². The van der Waals surface area contributed by atoms with Crippen molar-refractivity contribution in [1.82, 2.24) is 10.2 Å². The minimum absolute atomic E-state index is 0.0172. The summed E-state index contributed by atoms with van der Waals surface area (Å²) >= 11 is 3.85. The molecule has 0 saturated carbocycles. The highest BCUT2D eigenvalue weighted by molar-refractivity contribution is 9.10. The summed E-state index contributed by atoms with van der Waals surface area (Å²) in [6.45, 7) is 0. The molecule has 0 bridgehead atoms. The van der Waals surface area contributed by atoms with E-state index in [1.807, 2.05) is 0 Å². The van der Waals surface area contributed by atoms with Gasteiger partial charge >= 0.3 is 0 Å². The van der Waals surface area contributed by atoms with Gasteiger partial charge in [0.05, 0.1) is 10.2 Å². The van der Waals surface area contributed by atoms with Gasteiger partial charge in [0, 0.05) is 13.1 Å². The van der Waals surface area contributed by atoms with E-state index >= 15 is 0 Å². The average molecular weight is 349 g/mol. The van der Waals surface area contributed by atoms with Crippen molar-refractivity contribution in [1.29, 1.82) is 0 Å². The average Bonchev–Trinajstić information content (AvgIpc) is 2.84. The van der Waals surface area contributed by atoms with Crippen LogP contribution in [0.15, 0.2) is 16.6 Å². The third-order valence-corrected chi connectivity index (χ3v) is 3.64. The van der Waals surface area contributed by atoms with E-state index in [9.17, 15) is 13.6 Å². The summed E-state index contributed by atoms with van der Waals surface area (Å²) in [5, 5.41) is 12.7. The van der Waals surface area contributed by atoms with Crippen LogP contribution in [0.4, 0.5) is 19.6 Å². The van der Waals surface area contributed by atoms with Gasteiger partial charge in [-0.15, -0.1) is 10.2 Å². The Morgan fingerprint density at radius 2 is 2.05 bits per heavy atom. The number of carbonyl (C=O) groups excluding carboxylic acids is 1. The third-order valence-electron chi connectivity index (χ3n) is 2.09. The van der Waals surface area contributed by atoms with Crippen molar-refractivity contribution in [2.75, 3.05) is 17.7 Å². The van der Waals surface area contributed by atoms with Crippen molar-refractivity contribution < 1.29 is 13.6 Å². The molecule has 0 fully saturated rings. The maximum Gasteiger partial charge on any atom is 0.286 e. The van der Waals surface area contributed by atoms with E-state index in [1.54, 1.807) is 7.05 Å². The van der Waals surface area contributed by atoms with E-state index in [0.29, 0.717) is 5.13 Å². The van der Waals surface area contributed by atoms with Crippen LogP contribution < -0.4 is 10.6 Å². The molecule has 0 atom stereocenters. The maximum absolute atomic E-state index is 13.5. The lowest BCUT2D eigenvalue weighted by atomic mass is 10.3. The topological polar surface area (TPSA) is 66.9 Å². The van der Waals surface area contributed by atoms with Gasteiger partial charge in [-0.1, -0.05) is 11.3 Å². The second kappa shape index (κ2) is 5.57. The number of rotatable bonds is 3. The van der Waals surface area contributed by atoms with E-state index in [0.717, 1.165) is 23.5 Å². The molecule has 0 radical (unpaired) electrons. The molecule has 100 valence electrons. The van der Waals surface area contributed by atoms with Gasteiger partial charge < -0.3 is 10.6 Å². The number of hydrogen-bond acceptors (Lipinski definition) is 5. The molecular formula is C10H7BrF2N4OS. The van der Waals surface area contributed by atoms with Crippen molar-refractivity contribution in [3.63, 3.8) is 0 Å². The molecule has 1 amide bonds. The van der Waals surface area contributed by atoms with E-state index in [1.165, 1.54) is 0 Å². The number of carbonyl (C=O) groups is 1. The van der Waals surface area contributed by atoms with Crippen molar-refractivity contribution in [3.8, 4) is 0 Å². The number of benzene rings is 1. The highest BCUT2D eigenvalue weighted by atomic mass is 79.9. The van der Waals surface area contributed by atoms with E-state index in [4.69, 9.17) is 0 Å². The normalized spacial score (nSPS) is 10.3. The van der Waals surface area contributed by atoms with E-state index < -0.39 is 17.5 Å². The summed E-state index contributed by atoms with van der Waals surface area (Å²) in [7, 11) is 1.63. The fraction of sp³-hybridized carbons (Fsp3) is 0.100. The molecular weight excluding hydrogens is 342 g/mol. The molecule has 0 aliphatic heterocycles. The molecule has 0 unspecified atom stereocenters. The van der Waals surface area contributed by atoms with Crippen LogP contribution in [0.1, 0.15) is 9.80 Å². The molecule has 0 saturated heterocycles. The van der Waals surface area contributed by atoms with Gasteiger partial charge in [0.2, 0.25) is 10.1 Å². The third kappa shape index (κ3) is 3.04. The first-order valence-electron chi connectivity index (χ1n) is 4.98. The van der Waals surface area contributed by atoms with Crippen LogP contribution in [0.2, 0.25) is 0 Å². The van der Waals surface area contributed by atoms with Gasteiger partial charge in [0.15, 0.2) is 0 Å². The van der Waals surface area contributed by atoms with Crippen LogP contribution in [0, 0.1) is 11.6 Å². The SMILES string of the molecule is CNc1nnc(C(=O)Nc2cc(F)c(Br)cc2F)s1. The predicted molar refractivity (Wildman–Crippen MR) is 71.5 cm³/mol. The first-order valence-corrected chi connectivity index (χ1v) is 6.59. The molecule has 1 aromatic carbocycles. The van der Waals surface area contributed by atoms with E-state index in [-0.39, 0.29) is 15.2 Å². The maximum atomic E-state index is 13.5. The molecule has 2 rings (SSSR count). The van der Waals surface area contributed by atoms with Gasteiger partial charge in [-0.2, -0.15) is 0 Å². The van der Waals surface area contributed by atoms with Crippen molar-refractivity contribution in [3.05, 3.63) is 33.2 Å². The second-order valence-corrected chi connectivity index (χ2v) is 5.19. The lowest BCUT2D eigenvalue weighted by Crippen LogP contribution is -2.13. The van der Waals surface area contributed by atoms with Crippen LogP contribution in [0.5, 0.6) is 0 Å². The van der Waals surface area contributed by atoms with Crippen LogP contribution in [-0.4, -0.2) is 23.2 Å². The summed E-state index contributed by atoms with van der Waals surface area (Å²) in [5.41, 5.74) is -0.257. The van der Waals surface area contributed by atoms with Crippen molar-refractivity contribution in [2.45, 2.75) is 0 Å². The van der Waals surface area contributed by atoms with Crippen molar-refractivity contribution >= 4 is 44.0 Å². The first kappa shape index (κ1) is 13.8. The fourth-order valence-electron chi connectivity index (χ4n) is 1.21. The fourth-order valence-corrected chi connectivity index (χ4v) is 2.12. The Balaban J connectivity index is 2.21. The minimum atomic E-state index is -0.750. The zero-order valence-corrected chi connectivity index (χ0v) is 11.9. The molecule has 1 heterocycles. The smallest absolute Gasteiger partial charge is 0.286 e. The van der Waals surface area contributed by atoms with Crippen LogP contribution >= 0.6 is 27.3 Å². The Hall–Kier alpha value is -1.61. The van der Waals surface area contributed by atoms with Crippen LogP contribution in [0.3, 0.4) is 0 Å². The molecule has 0 aliphatic rings. The molecule has 5 nitrogen and oxygen atoms in total. The standard InChI is InChI=1S/C10H7BrF2N4OS/c1-14-10-17-16-9(19-10)8(18)15-7-3-5(12)4(11)2-6(7)13/h2-3H,1H3,(H,14,17)(H,15,18). The molecule has 19 heavy (non-hydrogen) atoms. The quantitative estimate of drug-likeness (QED) is 0.837. The Labute approximate surface area is 119 Å². The Kier molecular flexibility index (Phi) is 4.05. The summed E-state index contributed by atoms with van der Waals surface area (Å²) in [5.74, 6) is -2.08. The van der Waals surface area contributed by atoms with Crippen LogP contribution in [-0.2, 0) is 0 Å². The lowest BCUT2D eigenvalue weighted by Gasteiger charge is -2.05. The highest BCUT2D eigenvalue weighted by Crippen LogP contribution is 2.24. The first-order chi connectivity index (χ1) is 9.01. The molecule has 0 aliphatic carbocycles. The summed E-state index contributed by atoms with van der Waals surface area (Å²) in [6, 6.07) is 1.82. The highest BCUT2D eigenvalue weighted by Gasteiger charge is 2.16. The molecule has 2 aromatic rings. The summed E-state index contributed by atoms with van der Waals surface area (Å²) in [6.07, 6.45) is 0. The summed E-state index contributed by atoms with van der Waals surface area (Å²) < 4.78 is 26.8. The van der Waals surface area contributed by atoms with Gasteiger partial charge in [0.1, 0.15) is 11.6 Å². The summed E-state index contributed by atoms with van der Waals surface area (Å²) in [4.78, 5) is 11.8. The number of aromatic nitrogens is 2. The Morgan fingerprint density at radius 1 is 1.32 bits per heavy atom. The number of anilines is 2. The zero-order valence-electron chi connectivity index (χ0n) is 9.50. The van der Waals surface area contributed by atoms with E-state index in [2.05, 4.69) is 36.8 Å². The molecule has 9 heteroatoms. The van der Waals surface area contributed by atoms with Crippen molar-refractivity contribution in [2.24, 2.45) is 0 Å². The number of amides is 1. The predicted octanol–water partition coefficient (Wildman–Crippen LogP) is 2.87. The van der Waals surface area contributed by atoms with Gasteiger partial charge in [-0.25, -0.2) is 8.78 Å². The number of nitrogens with one attached hydrogen (secondary N) is 2. The minimum Gasteiger partial charge on any atom is -0.363 e. The number of hydrogen-bond donors (Lipinski definition) is 2. The second-order valence-electron chi connectivity index (χ2n) is 3.36. The monoisotopic (exact) mass is 348 g/mol. The molecule has 2 N–H and O–H groups in total. The zero-order chi connectivity index (χ0) is 14.0. The molecule has 1 aromatic heterocycles. The molecule has 0 spiro atoms. The Bertz CT molecular complexity index is 634. The number of halogens is 3. The Morgan fingerprint density at radius 3 is 2.68 bits per heavy atom. The van der Waals surface area contributed by atoms with Crippen LogP contribution in [0.25, 0.3) is 0 Å². The number of nitrogens with zero attached hydrogens (tertiary/aromatic N) is 2. The van der Waals surface area contributed by atoms with Gasteiger partial charge in [-0.3, -0.25) is 4.79 Å². The lowest BCUT2D eigenvalue weighted by molar-refractivity contribution is 0.102. The van der Waals surface area contributed by atoms with Gasteiger partial charge in [0.25, 0.3) is 5.91 Å².